The van der Waals surface area contributed by atoms with Gasteiger partial charge in [0.25, 0.3) is 11.8 Å². The third-order valence-electron chi connectivity index (χ3n) is 4.95. The molecule has 1 aliphatic heterocycles. The molecule has 1 aromatic heterocycles. The van der Waals surface area contributed by atoms with Crippen LogP contribution in [0.3, 0.4) is 0 Å². The van der Waals surface area contributed by atoms with Gasteiger partial charge in [0.1, 0.15) is 10.5 Å². The second kappa shape index (κ2) is 10.2. The molecule has 3 aromatic rings. The van der Waals surface area contributed by atoms with Crippen molar-refractivity contribution in [2.45, 2.75) is 6.92 Å². The normalized spacial score (nSPS) is 14.1. The molecule has 178 valence electrons. The topological polar surface area (TPSA) is 111 Å². The van der Waals surface area contributed by atoms with Crippen molar-refractivity contribution in [3.8, 4) is 11.5 Å². The number of hydrazine groups is 1. The van der Waals surface area contributed by atoms with Crippen LogP contribution >= 0.6 is 11.3 Å². The molecule has 0 spiro atoms. The molecular formula is C25H20N2O7S. The Bertz CT molecular complexity index is 1310. The van der Waals surface area contributed by atoms with E-state index in [1.807, 2.05) is 0 Å². The van der Waals surface area contributed by atoms with Gasteiger partial charge in [0, 0.05) is 0 Å². The van der Waals surface area contributed by atoms with E-state index in [0.717, 1.165) is 5.01 Å². The van der Waals surface area contributed by atoms with Gasteiger partial charge in [-0.15, -0.1) is 11.3 Å². The van der Waals surface area contributed by atoms with E-state index in [2.05, 4.69) is 5.43 Å². The van der Waals surface area contributed by atoms with E-state index in [0.29, 0.717) is 21.7 Å². The average Bonchev–Trinajstić information content (AvgIpc) is 3.50. The smallest absolute Gasteiger partial charge is 0.353 e. The molecule has 0 bridgehead atoms. The van der Waals surface area contributed by atoms with Crippen LogP contribution in [0, 0.1) is 0 Å². The summed E-state index contributed by atoms with van der Waals surface area (Å²) in [5.41, 5.74) is 3.62. The second-order valence-electron chi connectivity index (χ2n) is 7.18. The van der Waals surface area contributed by atoms with E-state index in [9.17, 15) is 19.2 Å². The van der Waals surface area contributed by atoms with Crippen LogP contribution in [-0.4, -0.2) is 37.5 Å². The summed E-state index contributed by atoms with van der Waals surface area (Å²) in [4.78, 5) is 50.0. The number of ether oxygens (including phenoxy) is 3. The molecule has 0 radical (unpaired) electrons. The number of amides is 2. The van der Waals surface area contributed by atoms with Crippen molar-refractivity contribution < 1.29 is 33.4 Å². The van der Waals surface area contributed by atoms with Crippen LogP contribution in [0.25, 0.3) is 6.08 Å². The van der Waals surface area contributed by atoms with Gasteiger partial charge < -0.3 is 14.2 Å². The van der Waals surface area contributed by atoms with Crippen molar-refractivity contribution in [1.82, 2.24) is 5.43 Å². The summed E-state index contributed by atoms with van der Waals surface area (Å²) in [7, 11) is 1.42. The number of carbonyl (C=O) groups is 4. The zero-order valence-corrected chi connectivity index (χ0v) is 19.6. The lowest BCUT2D eigenvalue weighted by molar-refractivity contribution is -0.117. The summed E-state index contributed by atoms with van der Waals surface area (Å²) in [5.74, 6) is -1.67. The lowest BCUT2D eigenvalue weighted by atomic mass is 10.1. The van der Waals surface area contributed by atoms with Crippen LogP contribution < -0.4 is 19.9 Å². The molecule has 2 amide bonds. The Hall–Kier alpha value is -4.44. The van der Waals surface area contributed by atoms with Gasteiger partial charge in [0.15, 0.2) is 11.5 Å². The largest absolute Gasteiger partial charge is 0.493 e. The Morgan fingerprint density at radius 3 is 2.46 bits per heavy atom. The van der Waals surface area contributed by atoms with Gasteiger partial charge >= 0.3 is 11.9 Å². The standard InChI is InChI=1S/C25H20N2O7S/c1-3-33-24(30)16-7-9-17(10-8-16)27-23(29)18(22(28)26-27)13-15-6-11-19(20(14-15)32-2)34-25(31)21-5-4-12-35-21/h4-14H,3H2,1-2H3,(H,26,28)/b18-13+. The third-order valence-corrected chi connectivity index (χ3v) is 5.80. The van der Waals surface area contributed by atoms with Gasteiger partial charge in [-0.25, -0.2) is 14.6 Å². The molecule has 2 heterocycles. The van der Waals surface area contributed by atoms with Crippen molar-refractivity contribution in [2.75, 3.05) is 18.7 Å². The first-order chi connectivity index (χ1) is 16.9. The highest BCUT2D eigenvalue weighted by Gasteiger charge is 2.34. The molecule has 1 fully saturated rings. The Morgan fingerprint density at radius 1 is 1.03 bits per heavy atom. The summed E-state index contributed by atoms with van der Waals surface area (Å²) < 4.78 is 15.7. The zero-order chi connectivity index (χ0) is 24.9. The molecule has 2 aromatic carbocycles. The highest BCUT2D eigenvalue weighted by Crippen LogP contribution is 2.31. The number of hydrogen-bond acceptors (Lipinski definition) is 8. The number of anilines is 1. The Labute approximate surface area is 204 Å². The molecule has 1 saturated heterocycles. The van der Waals surface area contributed by atoms with Gasteiger partial charge in [0.2, 0.25) is 0 Å². The number of thiophene rings is 1. The number of hydrogen-bond donors (Lipinski definition) is 1. The maximum Gasteiger partial charge on any atom is 0.353 e. The van der Waals surface area contributed by atoms with E-state index in [1.165, 1.54) is 54.9 Å². The number of methoxy groups -OCH3 is 1. The first-order valence-electron chi connectivity index (χ1n) is 10.5. The molecule has 1 N–H and O–H groups in total. The van der Waals surface area contributed by atoms with Gasteiger partial charge in [-0.3, -0.25) is 15.0 Å². The number of benzene rings is 2. The van der Waals surface area contributed by atoms with E-state index < -0.39 is 23.8 Å². The van der Waals surface area contributed by atoms with Crippen LogP contribution in [0.15, 0.2) is 65.6 Å². The van der Waals surface area contributed by atoms with Crippen LogP contribution in [0.5, 0.6) is 11.5 Å². The van der Waals surface area contributed by atoms with E-state index in [4.69, 9.17) is 14.2 Å². The highest BCUT2D eigenvalue weighted by molar-refractivity contribution is 7.12. The molecule has 35 heavy (non-hydrogen) atoms. The highest BCUT2D eigenvalue weighted by atomic mass is 32.1. The summed E-state index contributed by atoms with van der Waals surface area (Å²) >= 11 is 1.26. The average molecular weight is 493 g/mol. The number of nitrogens with one attached hydrogen (secondary N) is 1. The van der Waals surface area contributed by atoms with Crippen LogP contribution in [0.2, 0.25) is 0 Å². The van der Waals surface area contributed by atoms with Gasteiger partial charge in [-0.2, -0.15) is 0 Å². The Morgan fingerprint density at radius 2 is 1.80 bits per heavy atom. The van der Waals surface area contributed by atoms with Gasteiger partial charge in [0.05, 0.1) is 25.0 Å². The Balaban J connectivity index is 1.53. The maximum atomic E-state index is 12.9. The van der Waals surface area contributed by atoms with Crippen molar-refractivity contribution in [1.29, 1.82) is 0 Å². The first kappa shape index (κ1) is 23.7. The Kier molecular flexibility index (Phi) is 6.93. The fourth-order valence-electron chi connectivity index (χ4n) is 3.27. The van der Waals surface area contributed by atoms with E-state index in [-0.39, 0.29) is 23.7 Å². The quantitative estimate of drug-likeness (QED) is 0.232. The van der Waals surface area contributed by atoms with Gasteiger partial charge in [-0.05, 0) is 66.4 Å². The van der Waals surface area contributed by atoms with E-state index >= 15 is 0 Å². The predicted octanol–water partition coefficient (Wildman–Crippen LogP) is 3.61. The first-order valence-corrected chi connectivity index (χ1v) is 11.4. The lowest BCUT2D eigenvalue weighted by Gasteiger charge is -2.14. The SMILES string of the molecule is CCOC(=O)c1ccc(N2NC(=O)/C(=C\c3ccc(OC(=O)c4cccs4)c(OC)c3)C2=O)cc1. The maximum absolute atomic E-state index is 12.9. The molecule has 1 aliphatic rings. The summed E-state index contributed by atoms with van der Waals surface area (Å²) in [5, 5.41) is 2.86. The minimum atomic E-state index is -0.586. The third kappa shape index (κ3) is 5.07. The van der Waals surface area contributed by atoms with Gasteiger partial charge in [-0.1, -0.05) is 12.1 Å². The molecule has 0 atom stereocenters. The molecule has 0 saturated carbocycles. The molecule has 4 rings (SSSR count). The van der Waals surface area contributed by atoms with Crippen molar-refractivity contribution in [2.24, 2.45) is 0 Å². The summed E-state index contributed by atoms with van der Waals surface area (Å²) in [6, 6.07) is 14.2. The van der Waals surface area contributed by atoms with Crippen LogP contribution in [0.4, 0.5) is 5.69 Å². The number of esters is 2. The van der Waals surface area contributed by atoms with E-state index in [1.54, 1.807) is 36.6 Å². The van der Waals surface area contributed by atoms with Crippen molar-refractivity contribution >= 4 is 46.9 Å². The molecular weight excluding hydrogens is 472 g/mol. The van der Waals surface area contributed by atoms with Crippen LogP contribution in [-0.2, 0) is 14.3 Å². The second-order valence-corrected chi connectivity index (χ2v) is 8.13. The van der Waals surface area contributed by atoms with Crippen molar-refractivity contribution in [3.63, 3.8) is 0 Å². The minimum Gasteiger partial charge on any atom is -0.493 e. The monoisotopic (exact) mass is 492 g/mol. The van der Waals surface area contributed by atoms with Crippen molar-refractivity contribution in [3.05, 3.63) is 81.6 Å². The minimum absolute atomic E-state index is 0.0927. The fraction of sp³-hybridized carbons (Fsp3) is 0.120. The number of nitrogens with zero attached hydrogens (tertiary/aromatic N) is 1. The fourth-order valence-corrected chi connectivity index (χ4v) is 3.87. The summed E-state index contributed by atoms with van der Waals surface area (Å²) in [6.07, 6.45) is 1.41. The molecule has 9 nitrogen and oxygen atoms in total. The number of carbonyl (C=O) groups excluding carboxylic acids is 4. The lowest BCUT2D eigenvalue weighted by Crippen LogP contribution is -2.35. The zero-order valence-electron chi connectivity index (χ0n) is 18.8. The number of rotatable bonds is 7. The predicted molar refractivity (Wildman–Crippen MR) is 128 cm³/mol. The molecule has 0 aliphatic carbocycles. The molecule has 0 unspecified atom stereocenters. The molecule has 10 heteroatoms. The summed E-state index contributed by atoms with van der Waals surface area (Å²) in [6.45, 7) is 1.96. The van der Waals surface area contributed by atoms with Crippen LogP contribution in [0.1, 0.15) is 32.5 Å².